The molecule has 0 aliphatic carbocycles. The molecule has 0 aromatic carbocycles. The van der Waals surface area contributed by atoms with Crippen molar-refractivity contribution in [3.8, 4) is 0 Å². The van der Waals surface area contributed by atoms with Gasteiger partial charge in [0, 0.05) is 13.2 Å². The van der Waals surface area contributed by atoms with Crippen molar-refractivity contribution >= 4 is 5.96 Å². The number of nitrogens with one attached hydrogen (secondary N) is 2. The highest BCUT2D eigenvalue weighted by Gasteiger charge is 2.46. The second-order valence-electron chi connectivity index (χ2n) is 6.27. The Kier molecular flexibility index (Phi) is 6.38. The Morgan fingerprint density at radius 1 is 1.42 bits per heavy atom. The molecule has 26 heavy (non-hydrogen) atoms. The molecule has 0 bridgehead atoms. The third-order valence-electron chi connectivity index (χ3n) is 4.31. The maximum absolute atomic E-state index is 10.5. The monoisotopic (exact) mass is 370 g/mol. The fourth-order valence-corrected chi connectivity index (χ4v) is 2.95. The molecule has 2 aliphatic heterocycles. The Hall–Kier alpha value is -1.79. The van der Waals surface area contributed by atoms with Crippen molar-refractivity contribution in [2.45, 2.75) is 50.5 Å². The summed E-state index contributed by atoms with van der Waals surface area (Å²) in [5, 5.41) is 44.4. The molecule has 0 spiro atoms. The van der Waals surface area contributed by atoms with E-state index in [9.17, 15) is 15.3 Å². The number of hydrogen-bond donors (Lipinski definition) is 5. The van der Waals surface area contributed by atoms with E-state index in [4.69, 9.17) is 9.47 Å². The molecule has 146 valence electrons. The molecular weight excluding hydrogens is 344 g/mol. The van der Waals surface area contributed by atoms with Crippen LogP contribution in [0.15, 0.2) is 11.2 Å². The highest BCUT2D eigenvalue weighted by atomic mass is 16.7. The molecule has 1 aromatic rings. The smallest absolute Gasteiger partial charge is 0.191 e. The van der Waals surface area contributed by atoms with Crippen LogP contribution >= 0.6 is 0 Å². The Morgan fingerprint density at radius 2 is 2.27 bits per heavy atom. The molecule has 1 aromatic heterocycles. The van der Waals surface area contributed by atoms with E-state index in [1.165, 1.54) is 4.68 Å². The Bertz CT molecular complexity index is 611. The summed E-state index contributed by atoms with van der Waals surface area (Å²) in [7, 11) is 0. The standard InChI is InChI=1S/C15H26N6O5/c1-2-5-25-14-11(13(24)12(23)10(8-22)26-14)21-7-9(19-20-21)6-18-15-16-3-4-17-15/h7,10-14,22-24H,2-6,8H2,1H3,(H2,16,17,18)/t10?,11?,12-,13?,14+/m1/s1. The minimum absolute atomic E-state index is 0.413. The Balaban J connectivity index is 1.71. The van der Waals surface area contributed by atoms with Gasteiger partial charge in [-0.05, 0) is 6.42 Å². The maximum atomic E-state index is 10.5. The van der Waals surface area contributed by atoms with Crippen LogP contribution in [0.5, 0.6) is 0 Å². The highest BCUT2D eigenvalue weighted by molar-refractivity contribution is 5.81. The first kappa shape index (κ1) is 19.0. The number of guanidine groups is 1. The summed E-state index contributed by atoms with van der Waals surface area (Å²) in [6.07, 6.45) is -1.82. The quantitative estimate of drug-likeness (QED) is 0.359. The number of rotatable bonds is 7. The Morgan fingerprint density at radius 3 is 2.96 bits per heavy atom. The van der Waals surface area contributed by atoms with Crippen LogP contribution < -0.4 is 10.6 Å². The first-order valence-corrected chi connectivity index (χ1v) is 8.81. The van der Waals surface area contributed by atoms with Gasteiger partial charge in [-0.3, -0.25) is 4.99 Å². The Labute approximate surface area is 151 Å². The first-order valence-electron chi connectivity index (χ1n) is 8.81. The molecule has 2 aliphatic rings. The van der Waals surface area contributed by atoms with Crippen LogP contribution in [0.25, 0.3) is 0 Å². The van der Waals surface area contributed by atoms with Crippen LogP contribution in [0.1, 0.15) is 25.1 Å². The molecule has 3 unspecified atom stereocenters. The van der Waals surface area contributed by atoms with Gasteiger partial charge in [0.1, 0.15) is 30.0 Å². The van der Waals surface area contributed by atoms with Gasteiger partial charge >= 0.3 is 0 Å². The van der Waals surface area contributed by atoms with Gasteiger partial charge in [-0.2, -0.15) is 0 Å². The van der Waals surface area contributed by atoms with Crippen LogP contribution in [0.3, 0.4) is 0 Å². The molecule has 11 heteroatoms. The number of aliphatic hydroxyl groups is 3. The molecule has 1 saturated heterocycles. The lowest BCUT2D eigenvalue weighted by Gasteiger charge is -2.41. The summed E-state index contributed by atoms with van der Waals surface area (Å²) < 4.78 is 12.7. The van der Waals surface area contributed by atoms with Crippen LogP contribution in [-0.4, -0.2) is 87.2 Å². The van der Waals surface area contributed by atoms with Crippen LogP contribution in [-0.2, 0) is 16.0 Å². The van der Waals surface area contributed by atoms with Crippen LogP contribution in [0, 0.1) is 0 Å². The lowest BCUT2D eigenvalue weighted by molar-refractivity contribution is -0.281. The third-order valence-corrected chi connectivity index (χ3v) is 4.31. The molecule has 3 heterocycles. The topological polar surface area (TPSA) is 146 Å². The summed E-state index contributed by atoms with van der Waals surface area (Å²) in [5.41, 5.74) is 0.640. The largest absolute Gasteiger partial charge is 0.394 e. The molecule has 5 N–H and O–H groups in total. The lowest BCUT2D eigenvalue weighted by Crippen LogP contribution is -2.56. The third kappa shape index (κ3) is 4.13. The van der Waals surface area contributed by atoms with Gasteiger partial charge < -0.3 is 35.4 Å². The van der Waals surface area contributed by atoms with Gasteiger partial charge in [-0.1, -0.05) is 12.1 Å². The fraction of sp³-hybridized carbons (Fsp3) is 0.800. The predicted octanol–water partition coefficient (Wildman–Crippen LogP) is -2.27. The summed E-state index contributed by atoms with van der Waals surface area (Å²) >= 11 is 0. The molecule has 0 saturated carbocycles. The highest BCUT2D eigenvalue weighted by Crippen LogP contribution is 2.30. The van der Waals surface area contributed by atoms with Gasteiger partial charge in [0.05, 0.1) is 25.9 Å². The zero-order valence-corrected chi connectivity index (χ0v) is 14.7. The lowest BCUT2D eigenvalue weighted by atomic mass is 9.97. The van der Waals surface area contributed by atoms with Crippen molar-refractivity contribution in [2.75, 3.05) is 26.3 Å². The molecular formula is C15H26N6O5. The average molecular weight is 370 g/mol. The summed E-state index contributed by atoms with van der Waals surface area (Å²) in [5.74, 6) is 0.714. The zero-order chi connectivity index (χ0) is 18.5. The maximum Gasteiger partial charge on any atom is 0.191 e. The average Bonchev–Trinajstić information content (AvgIpc) is 3.32. The molecule has 1 fully saturated rings. The summed E-state index contributed by atoms with van der Waals surface area (Å²) in [6, 6.07) is -0.775. The van der Waals surface area contributed by atoms with Gasteiger partial charge in [-0.25, -0.2) is 4.68 Å². The number of nitrogens with zero attached hydrogens (tertiary/aromatic N) is 4. The number of aromatic nitrogens is 3. The van der Waals surface area contributed by atoms with E-state index in [1.807, 2.05) is 6.92 Å². The van der Waals surface area contributed by atoms with Crippen molar-refractivity contribution < 1.29 is 24.8 Å². The number of aliphatic imine (C=N–C) groups is 1. The van der Waals surface area contributed by atoms with Crippen molar-refractivity contribution in [3.63, 3.8) is 0 Å². The predicted molar refractivity (Wildman–Crippen MR) is 90.2 cm³/mol. The number of aliphatic hydroxyl groups excluding tert-OH is 3. The van der Waals surface area contributed by atoms with Gasteiger partial charge in [0.2, 0.25) is 0 Å². The molecule has 5 atom stereocenters. The van der Waals surface area contributed by atoms with E-state index in [-0.39, 0.29) is 0 Å². The van der Waals surface area contributed by atoms with Gasteiger partial charge in [0.25, 0.3) is 0 Å². The first-order chi connectivity index (χ1) is 12.6. The van der Waals surface area contributed by atoms with Crippen LogP contribution in [0.2, 0.25) is 0 Å². The zero-order valence-electron chi connectivity index (χ0n) is 14.7. The van der Waals surface area contributed by atoms with Gasteiger partial charge in [0.15, 0.2) is 12.2 Å². The second-order valence-corrected chi connectivity index (χ2v) is 6.27. The molecule has 11 nitrogen and oxygen atoms in total. The number of hydrogen-bond acceptors (Lipinski definition) is 10. The van der Waals surface area contributed by atoms with Crippen molar-refractivity contribution in [3.05, 3.63) is 11.9 Å². The number of ether oxygens (including phenoxy) is 2. The molecule has 0 amide bonds. The summed E-state index contributed by atoms with van der Waals surface area (Å²) in [4.78, 5) is 4.24. The van der Waals surface area contributed by atoms with E-state index < -0.39 is 37.3 Å². The van der Waals surface area contributed by atoms with E-state index in [1.54, 1.807) is 6.20 Å². The minimum Gasteiger partial charge on any atom is -0.394 e. The van der Waals surface area contributed by atoms with Crippen LogP contribution in [0.4, 0.5) is 0 Å². The van der Waals surface area contributed by atoms with E-state index in [0.29, 0.717) is 24.8 Å². The van der Waals surface area contributed by atoms with E-state index >= 15 is 0 Å². The van der Waals surface area contributed by atoms with Gasteiger partial charge in [-0.15, -0.1) is 5.10 Å². The van der Waals surface area contributed by atoms with E-state index in [0.717, 1.165) is 19.5 Å². The molecule has 0 radical (unpaired) electrons. The second kappa shape index (κ2) is 8.73. The van der Waals surface area contributed by atoms with Crippen molar-refractivity contribution in [2.24, 2.45) is 4.99 Å². The molecule has 3 rings (SSSR count). The van der Waals surface area contributed by atoms with E-state index in [2.05, 4.69) is 25.9 Å². The van der Waals surface area contributed by atoms with Crippen molar-refractivity contribution in [1.29, 1.82) is 0 Å². The normalized spacial score (nSPS) is 31.5. The minimum atomic E-state index is -1.26. The SMILES string of the molecule is CCCO[C@H]1OC(CO)[C@@H](O)C(O)C1n1cc(CNC2=NCCN2)nn1. The summed E-state index contributed by atoms with van der Waals surface area (Å²) in [6.45, 7) is 3.90. The van der Waals surface area contributed by atoms with Crippen molar-refractivity contribution in [1.82, 2.24) is 25.6 Å². The fourth-order valence-electron chi connectivity index (χ4n) is 2.95.